The van der Waals surface area contributed by atoms with Gasteiger partial charge in [0.2, 0.25) is 53.2 Å². The number of fused-ring (bicyclic) bond motifs is 1. The normalized spacial score (nSPS) is 16.4. The lowest BCUT2D eigenvalue weighted by atomic mass is 9.74. The lowest BCUT2D eigenvalue weighted by molar-refractivity contribution is -0.157. The maximum Gasteiger partial charge on any atom is 0.249 e. The van der Waals surface area contributed by atoms with Crippen molar-refractivity contribution >= 4 is 85.5 Å². The number of para-hydroxylation sites is 1. The van der Waals surface area contributed by atoms with Crippen LogP contribution in [0.5, 0.6) is 11.5 Å². The van der Waals surface area contributed by atoms with E-state index in [1.54, 1.807) is 92.7 Å². The van der Waals surface area contributed by atoms with Gasteiger partial charge in [-0.2, -0.15) is 0 Å². The molecule has 1 saturated carbocycles. The van der Waals surface area contributed by atoms with E-state index in [0.29, 0.717) is 56.1 Å². The van der Waals surface area contributed by atoms with E-state index >= 15 is 0 Å². The van der Waals surface area contributed by atoms with Gasteiger partial charge >= 0.3 is 0 Å². The molecule has 1 aromatic heterocycles. The summed E-state index contributed by atoms with van der Waals surface area (Å²) < 4.78 is 36.2. The molecule has 1 unspecified atom stereocenters. The highest BCUT2D eigenvalue weighted by Crippen LogP contribution is 2.46. The van der Waals surface area contributed by atoms with Crippen molar-refractivity contribution in [2.45, 2.75) is 181 Å². The first-order valence-electron chi connectivity index (χ1n) is 38.8. The van der Waals surface area contributed by atoms with Crippen molar-refractivity contribution < 1.29 is 96.6 Å². The number of rotatable bonds is 40. The molecule has 4 aromatic carbocycles. The summed E-state index contributed by atoms with van der Waals surface area (Å²) in [5.74, 6) is -6.94. The van der Waals surface area contributed by atoms with Crippen molar-refractivity contribution in [1.82, 2.24) is 53.1 Å². The highest BCUT2D eigenvalue weighted by molar-refractivity contribution is 7.92. The van der Waals surface area contributed by atoms with Crippen molar-refractivity contribution in [3.63, 3.8) is 0 Å². The highest BCUT2D eigenvalue weighted by Gasteiger charge is 2.52. The number of nitrogens with one attached hydrogen (secondary N) is 9. The van der Waals surface area contributed by atoms with Gasteiger partial charge in [-0.1, -0.05) is 147 Å². The van der Waals surface area contributed by atoms with Crippen LogP contribution in [0.4, 0.5) is 0 Å². The number of nitrogens with zero attached hydrogens (tertiary/aromatic N) is 1. The van der Waals surface area contributed by atoms with E-state index in [1.807, 2.05) is 102 Å². The Labute approximate surface area is 669 Å². The molecule has 1 aliphatic heterocycles. The first kappa shape index (κ1) is 96.7. The fourth-order valence-corrected chi connectivity index (χ4v) is 17.2. The average molecular weight is 1610 g/mol. The number of aromatic amines is 1. The number of methoxy groups -OCH3 is 2. The predicted molar refractivity (Wildman–Crippen MR) is 428 cm³/mol. The number of Topliss-reactive ketones (excluding diaryl/α,β-unsaturated/α-hetero) is 2. The molecule has 31 heteroatoms. The minimum atomic E-state index is -3.77. The van der Waals surface area contributed by atoms with Crippen LogP contribution in [0, 0.1) is 58.7 Å². The molecule has 2 fully saturated rings. The molecular weight excluding hydrogens is 1490 g/mol. The lowest BCUT2D eigenvalue weighted by Crippen LogP contribution is -2.52. The topological polar surface area (TPSA) is 457 Å². The van der Waals surface area contributed by atoms with Crippen LogP contribution in [0.15, 0.2) is 109 Å². The Morgan fingerprint density at radius 3 is 1.54 bits per heavy atom. The Balaban J connectivity index is 0.000000320. The van der Waals surface area contributed by atoms with Crippen LogP contribution in [0.25, 0.3) is 10.9 Å². The molecule has 114 heavy (non-hydrogen) atoms. The van der Waals surface area contributed by atoms with E-state index in [2.05, 4.69) is 26.3 Å². The van der Waals surface area contributed by atoms with Crippen LogP contribution < -0.4 is 52.7 Å². The fraction of sp³-hybridized carbons (Fsp3) is 0.554. The maximum atomic E-state index is 13.6. The zero-order valence-electron chi connectivity index (χ0n) is 68.1. The van der Waals surface area contributed by atoms with E-state index in [9.17, 15) is 66.3 Å². The second-order valence-electron chi connectivity index (χ2n) is 30.9. The van der Waals surface area contributed by atoms with Crippen LogP contribution in [-0.2, 0) is 88.3 Å². The molecule has 9 amide bonds. The quantitative estimate of drug-likeness (QED) is 0.0134. The van der Waals surface area contributed by atoms with Gasteiger partial charge in [0.25, 0.3) is 0 Å². The van der Waals surface area contributed by atoms with Gasteiger partial charge < -0.3 is 45.7 Å². The van der Waals surface area contributed by atoms with Crippen molar-refractivity contribution in [2.75, 3.05) is 54.7 Å². The summed E-state index contributed by atoms with van der Waals surface area (Å²) in [5.41, 5.74) is 8.01. The number of carbonyl (C=O) groups excluding carboxylic acids is 11. The molecule has 9 atom stereocenters. The molecule has 0 spiro atoms. The third kappa shape index (κ3) is 29.9. The number of aromatic nitrogens is 1. The molecule has 1 saturated heterocycles. The van der Waals surface area contributed by atoms with Gasteiger partial charge in [0.05, 0.1) is 42.5 Å². The number of likely N-dealkylation sites (tertiary alicyclic amines) is 1. The zero-order chi connectivity index (χ0) is 85.0. The molecular formula is C83H122N10O20S. The summed E-state index contributed by atoms with van der Waals surface area (Å²) in [6, 6.07) is 31.0. The number of sulfone groups is 1. The van der Waals surface area contributed by atoms with Crippen molar-refractivity contribution in [3.8, 4) is 11.5 Å². The Hall–Kier alpha value is -9.66. The third-order valence-corrected chi connectivity index (χ3v) is 23.3. The molecule has 2 heterocycles. The number of benzene rings is 4. The third-order valence-electron chi connectivity index (χ3n) is 21.1. The number of ketones is 2. The zero-order valence-corrected chi connectivity index (χ0v) is 68.9. The summed E-state index contributed by atoms with van der Waals surface area (Å²) in [6.45, 7) is 13.1. The van der Waals surface area contributed by atoms with Crippen molar-refractivity contribution in [2.24, 2.45) is 58.7 Å². The van der Waals surface area contributed by atoms with E-state index in [0.717, 1.165) is 58.8 Å². The Kier molecular flexibility index (Phi) is 40.6. The number of H-pyrrole nitrogens is 1. The predicted octanol–water partition coefficient (Wildman–Crippen LogP) is 7.43. The first-order valence-corrected chi connectivity index (χ1v) is 40.5. The van der Waals surface area contributed by atoms with Crippen LogP contribution in [0.3, 0.4) is 0 Å². The number of amides is 9. The van der Waals surface area contributed by atoms with E-state index in [4.69, 9.17) is 30.3 Å². The SMILES string of the molecule is CNC(=O)[C@@H](CC(=O)[C@@H](CC(=O)NO)CC(C)C)Cc1c[nH]c2ccccc12.CNC(=O)[C@@H](CC(=O)[C@](O)(CC(C)C)[C@H](C)C(=O)NO)Cc1ccc(OC)cc1.CNC(=O)[C@H](Cc1ccc(OC)cc1)CS(=O)(=O)C(CC(=O)NO)CC(C)C.CNC(=O)[C@H](Cc1ccccc1)N1CC[C@](CC(=O)NO)(CC2CCCC2)C1=O. The Morgan fingerprint density at radius 2 is 1.04 bits per heavy atom. The molecule has 630 valence electrons. The second kappa shape index (κ2) is 47.9. The number of likely N-dealkylation sites (N-methyl/N-ethyl adjacent to an activating group) is 1. The molecule has 0 radical (unpaired) electrons. The van der Waals surface area contributed by atoms with Crippen molar-refractivity contribution in [3.05, 3.63) is 132 Å². The molecule has 14 N–H and O–H groups in total. The van der Waals surface area contributed by atoms with Gasteiger partial charge in [-0.25, -0.2) is 30.3 Å². The van der Waals surface area contributed by atoms with Crippen LogP contribution in [0.1, 0.15) is 161 Å². The minimum absolute atomic E-state index is 0.0312. The maximum absolute atomic E-state index is 13.6. The van der Waals surface area contributed by atoms with Crippen LogP contribution in [-0.4, -0.2) is 181 Å². The summed E-state index contributed by atoms with van der Waals surface area (Å²) in [6.07, 6.45) is 9.02. The standard InChI is InChI=1S/C22H31N3O4.C21H29N3O4.C21H32N2O6.C19H30N2O6S/c1-23-20(27)18(13-16-7-3-2-4-8-16)25-12-11-22(21(25)28,15-19(26)24-29)14-17-9-5-6-10-17;1-13(2)8-14(11-20(26)24-28)19(25)10-15(21(27)22-3)9-16-12-23-18-7-5-4-6-17(16)18;1-13(2)12-21(27,14(3)19(25)23-28)18(24)11-16(20(26)22-4)10-15-6-8-17(29-5)9-7-15;1-13(2)9-17(11-18(22)21-24)28(25,26)12-15(19(23)20-3)10-14-5-7-16(27-4)8-6-14/h2-4,7-8,17-18,29H,5-6,9-15H2,1H3,(H,23,27)(H,24,26);4-7,12-15,23,28H,8-11H2,1-3H3,(H,22,27)(H,24,26);6-9,13-14,16,27-28H,10-12H2,1-5H3,(H,22,26)(H,23,25);5-8,13,15,17,24H,9-12H2,1-4H3,(H,20,23)(H,21,22)/t18-,22+;14-,15-;14-,16-,21+;15-,17?/m0111/s1. The van der Waals surface area contributed by atoms with Gasteiger partial charge in [0.15, 0.2) is 15.6 Å². The summed E-state index contributed by atoms with van der Waals surface area (Å²) >= 11 is 0. The summed E-state index contributed by atoms with van der Waals surface area (Å²) in [7, 11) is 5.41. The highest BCUT2D eigenvalue weighted by atomic mass is 32.2. The molecule has 5 aromatic rings. The Morgan fingerprint density at radius 1 is 0.553 bits per heavy atom. The number of aliphatic hydroxyl groups is 1. The number of hydroxylamine groups is 4. The van der Waals surface area contributed by atoms with Crippen LogP contribution >= 0.6 is 0 Å². The van der Waals surface area contributed by atoms with Crippen molar-refractivity contribution in [1.29, 1.82) is 0 Å². The number of hydrogen-bond donors (Lipinski definition) is 14. The summed E-state index contributed by atoms with van der Waals surface area (Å²) in [5, 5.41) is 57.1. The van der Waals surface area contributed by atoms with Gasteiger partial charge in [0.1, 0.15) is 28.9 Å². The number of hydrogen-bond acceptors (Lipinski definition) is 20. The number of ether oxygens (including phenoxy) is 2. The van der Waals surface area contributed by atoms with Gasteiger partial charge in [0, 0.05) is 108 Å². The minimum Gasteiger partial charge on any atom is -0.497 e. The monoisotopic (exact) mass is 1610 g/mol. The van der Waals surface area contributed by atoms with E-state index < -0.39 is 91.1 Å². The average Bonchev–Trinajstić information content (AvgIpc) is 1.60. The fourth-order valence-electron chi connectivity index (χ4n) is 15.0. The van der Waals surface area contributed by atoms with Gasteiger partial charge in [-0.15, -0.1) is 0 Å². The first-order chi connectivity index (χ1) is 54.0. The summed E-state index contributed by atoms with van der Waals surface area (Å²) in [4.78, 5) is 141. The molecule has 7 rings (SSSR count). The Bertz CT molecular complexity index is 4040. The molecule has 30 nitrogen and oxygen atoms in total. The van der Waals surface area contributed by atoms with Crippen LogP contribution in [0.2, 0.25) is 0 Å². The van der Waals surface area contributed by atoms with E-state index in [1.165, 1.54) is 32.0 Å². The second-order valence-corrected chi connectivity index (χ2v) is 33.2. The smallest absolute Gasteiger partial charge is 0.249 e. The van der Waals surface area contributed by atoms with E-state index in [-0.39, 0.29) is 117 Å². The molecule has 0 bridgehead atoms. The lowest BCUT2D eigenvalue weighted by Gasteiger charge is -2.34. The van der Waals surface area contributed by atoms with Gasteiger partial charge in [-0.3, -0.25) is 73.6 Å². The largest absolute Gasteiger partial charge is 0.497 e. The number of carbonyl (C=O) groups is 11. The molecule has 1 aliphatic carbocycles. The van der Waals surface area contributed by atoms with Gasteiger partial charge in [-0.05, 0) is 128 Å². The molecule has 2 aliphatic rings.